The van der Waals surface area contributed by atoms with Crippen LogP contribution in [0.15, 0.2) is 30.3 Å². The SMILES string of the molecule is CCOC(=O)N1CCC(N2CCC3(CC2)C(=O)N(C)C(=O)N3Cc2ccccc2)CC1. The topological polar surface area (TPSA) is 73.4 Å². The van der Waals surface area contributed by atoms with Crippen LogP contribution in [0.1, 0.15) is 38.2 Å². The molecule has 1 spiro atoms. The molecule has 0 atom stereocenters. The molecule has 0 saturated carbocycles. The van der Waals surface area contributed by atoms with Gasteiger partial charge in [-0.2, -0.15) is 0 Å². The van der Waals surface area contributed by atoms with Crippen LogP contribution >= 0.6 is 0 Å². The number of imide groups is 1. The number of amides is 4. The van der Waals surface area contributed by atoms with Crippen LogP contribution in [0.3, 0.4) is 0 Å². The average molecular weight is 429 g/mol. The molecule has 0 unspecified atom stereocenters. The van der Waals surface area contributed by atoms with E-state index in [0.717, 1.165) is 31.5 Å². The summed E-state index contributed by atoms with van der Waals surface area (Å²) in [7, 11) is 1.59. The largest absolute Gasteiger partial charge is 0.450 e. The van der Waals surface area contributed by atoms with E-state index in [1.807, 2.05) is 37.3 Å². The fourth-order valence-electron chi connectivity index (χ4n) is 5.23. The summed E-state index contributed by atoms with van der Waals surface area (Å²) in [5.74, 6) is -0.0785. The molecule has 0 radical (unpaired) electrons. The van der Waals surface area contributed by atoms with Crippen molar-refractivity contribution in [1.29, 1.82) is 0 Å². The monoisotopic (exact) mass is 428 g/mol. The third-order valence-corrected chi connectivity index (χ3v) is 7.05. The highest BCUT2D eigenvalue weighted by atomic mass is 16.6. The van der Waals surface area contributed by atoms with Crippen LogP contribution < -0.4 is 0 Å². The third kappa shape index (κ3) is 4.01. The minimum absolute atomic E-state index is 0.0785. The van der Waals surface area contributed by atoms with Gasteiger partial charge in [-0.15, -0.1) is 0 Å². The number of urea groups is 1. The number of rotatable bonds is 4. The van der Waals surface area contributed by atoms with Gasteiger partial charge >= 0.3 is 12.1 Å². The van der Waals surface area contributed by atoms with Gasteiger partial charge in [-0.25, -0.2) is 9.59 Å². The van der Waals surface area contributed by atoms with E-state index in [0.29, 0.717) is 45.1 Å². The Morgan fingerprint density at radius 2 is 1.71 bits per heavy atom. The van der Waals surface area contributed by atoms with Crippen LogP contribution in [0, 0.1) is 0 Å². The van der Waals surface area contributed by atoms with Crippen molar-refractivity contribution in [2.24, 2.45) is 0 Å². The summed E-state index contributed by atoms with van der Waals surface area (Å²) in [5.41, 5.74) is 0.288. The lowest BCUT2D eigenvalue weighted by Crippen LogP contribution is -2.58. The van der Waals surface area contributed by atoms with Crippen LogP contribution in [-0.2, 0) is 16.1 Å². The van der Waals surface area contributed by atoms with E-state index in [1.165, 1.54) is 4.90 Å². The van der Waals surface area contributed by atoms with Crippen LogP contribution in [0.4, 0.5) is 9.59 Å². The summed E-state index contributed by atoms with van der Waals surface area (Å²) in [6.07, 6.45) is 2.88. The van der Waals surface area contributed by atoms with E-state index in [9.17, 15) is 14.4 Å². The quantitative estimate of drug-likeness (QED) is 0.689. The molecule has 1 aromatic carbocycles. The highest BCUT2D eigenvalue weighted by Crippen LogP contribution is 2.39. The number of benzene rings is 1. The highest BCUT2D eigenvalue weighted by molar-refractivity contribution is 6.06. The number of carbonyl (C=O) groups is 3. The van der Waals surface area contributed by atoms with Gasteiger partial charge in [0.25, 0.3) is 5.91 Å². The number of ether oxygens (including phenoxy) is 1. The summed E-state index contributed by atoms with van der Waals surface area (Å²) in [6.45, 7) is 5.63. The molecule has 4 rings (SSSR count). The minimum atomic E-state index is -0.746. The minimum Gasteiger partial charge on any atom is -0.450 e. The summed E-state index contributed by atoms with van der Waals surface area (Å²) in [4.78, 5) is 45.3. The van der Waals surface area contributed by atoms with Gasteiger partial charge in [-0.05, 0) is 38.2 Å². The number of likely N-dealkylation sites (tertiary alicyclic amines) is 2. The molecule has 3 fully saturated rings. The third-order valence-electron chi connectivity index (χ3n) is 7.05. The molecule has 8 heteroatoms. The Labute approximate surface area is 183 Å². The Balaban J connectivity index is 1.40. The van der Waals surface area contributed by atoms with Gasteiger partial charge in [0, 0.05) is 45.8 Å². The van der Waals surface area contributed by atoms with Crippen LogP contribution in [0.25, 0.3) is 0 Å². The molecule has 3 saturated heterocycles. The highest BCUT2D eigenvalue weighted by Gasteiger charge is 2.57. The van der Waals surface area contributed by atoms with Crippen molar-refractivity contribution in [3.05, 3.63) is 35.9 Å². The molecule has 0 bridgehead atoms. The fourth-order valence-corrected chi connectivity index (χ4v) is 5.23. The fraction of sp³-hybridized carbons (Fsp3) is 0.609. The Morgan fingerprint density at radius 1 is 1.06 bits per heavy atom. The number of hydrogen-bond acceptors (Lipinski definition) is 5. The maximum absolute atomic E-state index is 13.1. The van der Waals surface area contributed by atoms with E-state index in [-0.39, 0.29) is 18.0 Å². The van der Waals surface area contributed by atoms with E-state index >= 15 is 0 Å². The first-order chi connectivity index (χ1) is 15.0. The number of nitrogens with zero attached hydrogens (tertiary/aromatic N) is 4. The van der Waals surface area contributed by atoms with Gasteiger partial charge in [0.1, 0.15) is 5.54 Å². The number of carbonyl (C=O) groups excluding carboxylic acids is 3. The number of piperidine rings is 2. The molecule has 3 heterocycles. The lowest BCUT2D eigenvalue weighted by atomic mass is 9.84. The molecule has 0 aliphatic carbocycles. The maximum Gasteiger partial charge on any atom is 0.409 e. The lowest BCUT2D eigenvalue weighted by Gasteiger charge is -2.46. The maximum atomic E-state index is 13.1. The Hall–Kier alpha value is -2.61. The Morgan fingerprint density at radius 3 is 2.32 bits per heavy atom. The zero-order valence-corrected chi connectivity index (χ0v) is 18.5. The molecule has 1 aromatic rings. The lowest BCUT2D eigenvalue weighted by molar-refractivity contribution is -0.135. The van der Waals surface area contributed by atoms with Crippen molar-refractivity contribution in [2.45, 2.75) is 50.7 Å². The number of likely N-dealkylation sites (N-methyl/N-ethyl adjacent to an activating group) is 1. The van der Waals surface area contributed by atoms with Gasteiger partial charge in [0.05, 0.1) is 6.61 Å². The van der Waals surface area contributed by atoms with Gasteiger partial charge in [-0.3, -0.25) is 9.69 Å². The Kier molecular flexibility index (Phi) is 6.18. The first-order valence-electron chi connectivity index (χ1n) is 11.3. The summed E-state index contributed by atoms with van der Waals surface area (Å²) in [6, 6.07) is 10.1. The van der Waals surface area contributed by atoms with Crippen molar-refractivity contribution >= 4 is 18.0 Å². The second-order valence-electron chi connectivity index (χ2n) is 8.70. The molecule has 31 heavy (non-hydrogen) atoms. The van der Waals surface area contributed by atoms with Gasteiger partial charge in [0.15, 0.2) is 0 Å². The van der Waals surface area contributed by atoms with Crippen molar-refractivity contribution in [3.8, 4) is 0 Å². The molecular formula is C23H32N4O4. The van der Waals surface area contributed by atoms with Crippen LogP contribution in [0.5, 0.6) is 0 Å². The van der Waals surface area contributed by atoms with Gasteiger partial charge in [-0.1, -0.05) is 30.3 Å². The predicted molar refractivity (Wildman–Crippen MR) is 115 cm³/mol. The Bertz CT molecular complexity index is 814. The molecule has 0 aromatic heterocycles. The average Bonchev–Trinajstić information content (AvgIpc) is 2.97. The summed E-state index contributed by atoms with van der Waals surface area (Å²) < 4.78 is 5.11. The van der Waals surface area contributed by atoms with Gasteiger partial charge in [0.2, 0.25) is 0 Å². The van der Waals surface area contributed by atoms with Crippen molar-refractivity contribution in [1.82, 2.24) is 19.6 Å². The molecule has 3 aliphatic heterocycles. The molecule has 168 valence electrons. The summed E-state index contributed by atoms with van der Waals surface area (Å²) >= 11 is 0. The summed E-state index contributed by atoms with van der Waals surface area (Å²) in [5, 5.41) is 0. The second kappa shape index (κ2) is 8.86. The molecule has 0 N–H and O–H groups in total. The first-order valence-corrected chi connectivity index (χ1v) is 11.3. The molecular weight excluding hydrogens is 396 g/mol. The molecule has 4 amide bonds. The second-order valence-corrected chi connectivity index (χ2v) is 8.70. The smallest absolute Gasteiger partial charge is 0.409 e. The van der Waals surface area contributed by atoms with Crippen molar-refractivity contribution < 1.29 is 19.1 Å². The van der Waals surface area contributed by atoms with Crippen molar-refractivity contribution in [2.75, 3.05) is 39.8 Å². The van der Waals surface area contributed by atoms with E-state index in [2.05, 4.69) is 4.90 Å². The number of hydrogen-bond donors (Lipinski definition) is 0. The molecule has 8 nitrogen and oxygen atoms in total. The van der Waals surface area contributed by atoms with Crippen molar-refractivity contribution in [3.63, 3.8) is 0 Å². The zero-order chi connectivity index (χ0) is 22.0. The molecule has 3 aliphatic rings. The zero-order valence-electron chi connectivity index (χ0n) is 18.5. The van der Waals surface area contributed by atoms with Crippen LogP contribution in [0.2, 0.25) is 0 Å². The normalized spacial score (nSPS) is 22.5. The van der Waals surface area contributed by atoms with Gasteiger partial charge < -0.3 is 19.4 Å². The van der Waals surface area contributed by atoms with Crippen LogP contribution in [-0.4, -0.2) is 89.0 Å². The first kappa shape index (κ1) is 21.6. The standard InChI is InChI=1S/C23H32N4O4/c1-3-31-22(30)26-13-9-19(10-14-26)25-15-11-23(12-16-25)20(28)24(2)21(29)27(23)17-18-7-5-4-6-8-18/h4-8,19H,3,9-17H2,1-2H3. The van der Waals surface area contributed by atoms with E-state index < -0.39 is 5.54 Å². The van der Waals surface area contributed by atoms with E-state index in [4.69, 9.17) is 4.74 Å². The van der Waals surface area contributed by atoms with E-state index in [1.54, 1.807) is 16.8 Å². The predicted octanol–water partition coefficient (Wildman–Crippen LogP) is 2.54.